The molecule has 6 heteroatoms. The van der Waals surface area contributed by atoms with Crippen LogP contribution in [0.5, 0.6) is 5.75 Å². The van der Waals surface area contributed by atoms with Gasteiger partial charge in [-0.2, -0.15) is 0 Å². The van der Waals surface area contributed by atoms with E-state index in [9.17, 15) is 14.0 Å². The van der Waals surface area contributed by atoms with E-state index in [1.165, 1.54) is 17.0 Å². The molecule has 162 valence electrons. The van der Waals surface area contributed by atoms with Crippen molar-refractivity contribution in [3.05, 3.63) is 65.0 Å². The number of hydrogen-bond donors (Lipinski definition) is 1. The molecule has 2 atom stereocenters. The Balaban J connectivity index is 2.15. The van der Waals surface area contributed by atoms with E-state index in [-0.39, 0.29) is 36.8 Å². The van der Waals surface area contributed by atoms with Crippen LogP contribution in [0.4, 0.5) is 4.39 Å². The van der Waals surface area contributed by atoms with Crippen molar-refractivity contribution in [2.45, 2.75) is 59.7 Å². The molecule has 0 aromatic heterocycles. The van der Waals surface area contributed by atoms with Crippen molar-refractivity contribution in [3.63, 3.8) is 0 Å². The summed E-state index contributed by atoms with van der Waals surface area (Å²) in [6, 6.07) is 10.9. The summed E-state index contributed by atoms with van der Waals surface area (Å²) in [5.74, 6) is -0.294. The average Bonchev–Trinajstić information content (AvgIpc) is 2.73. The fraction of sp³-hybridized carbons (Fsp3) is 0.417. The van der Waals surface area contributed by atoms with Crippen LogP contribution < -0.4 is 10.1 Å². The third kappa shape index (κ3) is 6.58. The molecule has 1 N–H and O–H groups in total. The molecule has 0 fully saturated rings. The van der Waals surface area contributed by atoms with E-state index >= 15 is 0 Å². The zero-order valence-electron chi connectivity index (χ0n) is 18.4. The van der Waals surface area contributed by atoms with Gasteiger partial charge in [0.2, 0.25) is 5.91 Å². The lowest BCUT2D eigenvalue weighted by Crippen LogP contribution is -2.50. The number of nitrogens with zero attached hydrogens (tertiary/aromatic N) is 1. The van der Waals surface area contributed by atoms with Crippen LogP contribution in [-0.2, 0) is 16.1 Å². The Hall–Kier alpha value is -2.89. The van der Waals surface area contributed by atoms with Gasteiger partial charge in [-0.1, -0.05) is 25.1 Å². The molecule has 0 radical (unpaired) electrons. The highest BCUT2D eigenvalue weighted by molar-refractivity contribution is 5.88. The Morgan fingerprint density at radius 1 is 1.07 bits per heavy atom. The van der Waals surface area contributed by atoms with Gasteiger partial charge in [-0.3, -0.25) is 9.59 Å². The molecule has 2 aromatic rings. The van der Waals surface area contributed by atoms with Gasteiger partial charge in [0.15, 0.2) is 6.61 Å². The number of nitrogens with one attached hydrogen (secondary N) is 1. The highest BCUT2D eigenvalue weighted by Gasteiger charge is 2.27. The van der Waals surface area contributed by atoms with Crippen LogP contribution in [0.25, 0.3) is 0 Å². The second-order valence-corrected chi connectivity index (χ2v) is 7.68. The van der Waals surface area contributed by atoms with Gasteiger partial charge < -0.3 is 15.0 Å². The minimum absolute atomic E-state index is 0.00880. The van der Waals surface area contributed by atoms with E-state index in [4.69, 9.17) is 4.74 Å². The lowest BCUT2D eigenvalue weighted by atomic mass is 10.1. The first-order valence-electron chi connectivity index (χ1n) is 10.3. The molecule has 0 aliphatic rings. The van der Waals surface area contributed by atoms with Gasteiger partial charge in [0, 0.05) is 12.6 Å². The van der Waals surface area contributed by atoms with Crippen LogP contribution in [0.3, 0.4) is 0 Å². The fourth-order valence-electron chi connectivity index (χ4n) is 2.87. The summed E-state index contributed by atoms with van der Waals surface area (Å²) in [4.78, 5) is 27.1. The topological polar surface area (TPSA) is 58.6 Å². The van der Waals surface area contributed by atoms with Crippen LogP contribution in [0.1, 0.15) is 43.9 Å². The Morgan fingerprint density at radius 3 is 2.33 bits per heavy atom. The van der Waals surface area contributed by atoms with Gasteiger partial charge >= 0.3 is 0 Å². The molecular formula is C24H31FN2O3. The molecule has 0 aliphatic carbocycles. The van der Waals surface area contributed by atoms with E-state index in [1.807, 2.05) is 45.9 Å². The molecular weight excluding hydrogens is 383 g/mol. The van der Waals surface area contributed by atoms with Gasteiger partial charge in [-0.15, -0.1) is 0 Å². The number of benzene rings is 2. The molecule has 30 heavy (non-hydrogen) atoms. The summed E-state index contributed by atoms with van der Waals surface area (Å²) in [5.41, 5.74) is 2.95. The lowest BCUT2D eigenvalue weighted by Gasteiger charge is -2.29. The highest BCUT2D eigenvalue weighted by atomic mass is 19.1. The van der Waals surface area contributed by atoms with E-state index in [0.29, 0.717) is 5.75 Å². The quantitative estimate of drug-likeness (QED) is 0.671. The Labute approximate surface area is 178 Å². The Kier molecular flexibility index (Phi) is 8.39. The normalized spacial score (nSPS) is 12.7. The van der Waals surface area contributed by atoms with E-state index in [0.717, 1.165) is 23.1 Å². The smallest absolute Gasteiger partial charge is 0.261 e. The first-order chi connectivity index (χ1) is 14.2. The van der Waals surface area contributed by atoms with Gasteiger partial charge in [0.25, 0.3) is 5.91 Å². The zero-order chi connectivity index (χ0) is 22.3. The second kappa shape index (κ2) is 10.8. The standard InChI is InChI=1S/C24H31FN2O3/c1-6-18(4)26-24(29)19(5)27(14-20-8-10-21(25)11-9-20)23(28)15-30-22-12-7-16(2)17(3)13-22/h7-13,18-19H,6,14-15H2,1-5H3,(H,26,29)/t18-,19+/m1/s1. The molecule has 2 aromatic carbocycles. The molecule has 2 rings (SSSR count). The molecule has 0 unspecified atom stereocenters. The van der Waals surface area contributed by atoms with Crippen LogP contribution in [0.2, 0.25) is 0 Å². The fourth-order valence-corrected chi connectivity index (χ4v) is 2.87. The van der Waals surface area contributed by atoms with Gasteiger partial charge in [0.1, 0.15) is 17.6 Å². The molecule has 0 saturated carbocycles. The summed E-state index contributed by atoms with van der Waals surface area (Å²) in [5, 5.41) is 2.91. The van der Waals surface area contributed by atoms with Crippen LogP contribution in [0, 0.1) is 19.7 Å². The van der Waals surface area contributed by atoms with Gasteiger partial charge in [-0.25, -0.2) is 4.39 Å². The number of rotatable bonds is 9. The molecule has 0 spiro atoms. The highest BCUT2D eigenvalue weighted by Crippen LogP contribution is 2.17. The third-order valence-corrected chi connectivity index (χ3v) is 5.28. The van der Waals surface area contributed by atoms with Crippen LogP contribution >= 0.6 is 0 Å². The van der Waals surface area contributed by atoms with Crippen molar-refractivity contribution < 1.29 is 18.7 Å². The molecule has 0 aliphatic heterocycles. The maximum absolute atomic E-state index is 13.3. The second-order valence-electron chi connectivity index (χ2n) is 7.68. The molecule has 2 amide bonds. The molecule has 0 heterocycles. The van der Waals surface area contributed by atoms with Crippen molar-refractivity contribution in [2.24, 2.45) is 0 Å². The number of halogens is 1. The summed E-state index contributed by atoms with van der Waals surface area (Å²) in [6.45, 7) is 9.57. The monoisotopic (exact) mass is 414 g/mol. The predicted molar refractivity (Wildman–Crippen MR) is 116 cm³/mol. The number of hydrogen-bond acceptors (Lipinski definition) is 3. The molecule has 0 saturated heterocycles. The van der Waals surface area contributed by atoms with Crippen LogP contribution in [-0.4, -0.2) is 35.4 Å². The van der Waals surface area contributed by atoms with E-state index < -0.39 is 6.04 Å². The van der Waals surface area contributed by atoms with Gasteiger partial charge in [-0.05, 0) is 75.1 Å². The molecule has 0 bridgehead atoms. The summed E-state index contributed by atoms with van der Waals surface area (Å²) < 4.78 is 18.9. The number of carbonyl (C=O) groups excluding carboxylic acids is 2. The maximum Gasteiger partial charge on any atom is 0.261 e. The third-order valence-electron chi connectivity index (χ3n) is 5.28. The summed E-state index contributed by atoms with van der Waals surface area (Å²) in [6.07, 6.45) is 0.792. The number of aryl methyl sites for hydroxylation is 2. The average molecular weight is 415 g/mol. The summed E-state index contributed by atoms with van der Waals surface area (Å²) in [7, 11) is 0. The Bertz CT molecular complexity index is 867. The zero-order valence-corrected chi connectivity index (χ0v) is 18.4. The van der Waals surface area contributed by atoms with Gasteiger partial charge in [0.05, 0.1) is 0 Å². The van der Waals surface area contributed by atoms with Crippen molar-refractivity contribution in [2.75, 3.05) is 6.61 Å². The SMILES string of the molecule is CC[C@@H](C)NC(=O)[C@H](C)N(Cc1ccc(F)cc1)C(=O)COc1ccc(C)c(C)c1. The van der Waals surface area contributed by atoms with Crippen molar-refractivity contribution in [3.8, 4) is 5.75 Å². The van der Waals surface area contributed by atoms with E-state index in [1.54, 1.807) is 19.1 Å². The van der Waals surface area contributed by atoms with Crippen molar-refractivity contribution >= 4 is 11.8 Å². The number of carbonyl (C=O) groups is 2. The number of ether oxygens (including phenoxy) is 1. The minimum Gasteiger partial charge on any atom is -0.484 e. The van der Waals surface area contributed by atoms with Crippen molar-refractivity contribution in [1.29, 1.82) is 0 Å². The van der Waals surface area contributed by atoms with E-state index in [2.05, 4.69) is 5.32 Å². The van der Waals surface area contributed by atoms with Crippen molar-refractivity contribution in [1.82, 2.24) is 10.2 Å². The maximum atomic E-state index is 13.3. The Morgan fingerprint density at radius 2 is 1.73 bits per heavy atom. The predicted octanol–water partition coefficient (Wildman–Crippen LogP) is 4.15. The minimum atomic E-state index is -0.695. The summed E-state index contributed by atoms with van der Waals surface area (Å²) >= 11 is 0. The largest absolute Gasteiger partial charge is 0.484 e. The molecule has 5 nitrogen and oxygen atoms in total. The number of amides is 2. The van der Waals surface area contributed by atoms with Crippen LogP contribution in [0.15, 0.2) is 42.5 Å². The first kappa shape index (κ1) is 23.4. The first-order valence-corrected chi connectivity index (χ1v) is 10.3. The lowest BCUT2D eigenvalue weighted by molar-refractivity contribution is -0.142.